The van der Waals surface area contributed by atoms with Gasteiger partial charge in [0, 0.05) is 5.69 Å². The van der Waals surface area contributed by atoms with Crippen LogP contribution in [-0.2, 0) is 0 Å². The van der Waals surface area contributed by atoms with Crippen molar-refractivity contribution in [1.82, 2.24) is 9.97 Å². The number of H-pyrrole nitrogens is 1. The highest BCUT2D eigenvalue weighted by Gasteiger charge is 2.13. The van der Waals surface area contributed by atoms with Gasteiger partial charge in [-0.3, -0.25) is 14.9 Å². The number of hydrogen-bond acceptors (Lipinski definition) is 4. The Balaban J connectivity index is 1.90. The van der Waals surface area contributed by atoms with Gasteiger partial charge in [-0.2, -0.15) is 0 Å². The van der Waals surface area contributed by atoms with E-state index in [1.165, 1.54) is 17.4 Å². The molecule has 0 spiro atoms. The molecule has 5 nitrogen and oxygen atoms in total. The van der Waals surface area contributed by atoms with Crippen molar-refractivity contribution in [2.45, 2.75) is 13.8 Å². The van der Waals surface area contributed by atoms with E-state index >= 15 is 0 Å². The van der Waals surface area contributed by atoms with Gasteiger partial charge in [0.1, 0.15) is 5.56 Å². The van der Waals surface area contributed by atoms with Crippen LogP contribution in [0.25, 0.3) is 10.2 Å². The van der Waals surface area contributed by atoms with Gasteiger partial charge in [0.2, 0.25) is 0 Å². The maximum atomic E-state index is 12.1. The fraction of sp³-hybridized carbons (Fsp3) is 0.133. The Morgan fingerprint density at radius 3 is 2.81 bits per heavy atom. The maximum Gasteiger partial charge on any atom is 0.263 e. The third-order valence-corrected chi connectivity index (χ3v) is 4.00. The Kier molecular flexibility index (Phi) is 3.31. The van der Waals surface area contributed by atoms with Crippen LogP contribution in [0.2, 0.25) is 0 Å². The largest absolute Gasteiger partial charge is 0.326 e. The average Bonchev–Trinajstić information content (AvgIpc) is 2.79. The van der Waals surface area contributed by atoms with Crippen molar-refractivity contribution in [2.75, 3.05) is 5.32 Å². The summed E-state index contributed by atoms with van der Waals surface area (Å²) in [5.74, 6) is -0.452. The minimum Gasteiger partial charge on any atom is -0.326 e. The topological polar surface area (TPSA) is 74.8 Å². The van der Waals surface area contributed by atoms with Crippen LogP contribution in [0, 0.1) is 13.8 Å². The predicted octanol–water partition coefficient (Wildman–Crippen LogP) is 2.85. The first-order valence-electron chi connectivity index (χ1n) is 6.41. The third-order valence-electron chi connectivity index (χ3n) is 3.06. The molecule has 6 heteroatoms. The summed E-state index contributed by atoms with van der Waals surface area (Å²) >= 11 is 1.39. The van der Waals surface area contributed by atoms with E-state index in [2.05, 4.69) is 15.3 Å². The van der Waals surface area contributed by atoms with Crippen LogP contribution in [0.5, 0.6) is 0 Å². The molecule has 0 fully saturated rings. The van der Waals surface area contributed by atoms with Crippen molar-refractivity contribution in [1.29, 1.82) is 0 Å². The van der Waals surface area contributed by atoms with Crippen LogP contribution in [-0.4, -0.2) is 15.9 Å². The number of rotatable bonds is 2. The lowest BCUT2D eigenvalue weighted by molar-refractivity contribution is 0.102. The predicted molar refractivity (Wildman–Crippen MR) is 84.1 cm³/mol. The summed E-state index contributed by atoms with van der Waals surface area (Å²) in [5, 5.41) is 3.16. The molecule has 0 unspecified atom stereocenters. The molecule has 0 aliphatic carbocycles. The normalized spacial score (nSPS) is 10.8. The molecule has 106 valence electrons. The van der Waals surface area contributed by atoms with Crippen molar-refractivity contribution in [3.05, 3.63) is 57.5 Å². The summed E-state index contributed by atoms with van der Waals surface area (Å²) in [4.78, 5) is 30.8. The first-order chi connectivity index (χ1) is 10.0. The SMILES string of the molecule is Cc1ccc2nc(NC(=O)c3ccc(C)[nH]c3=O)sc2c1. The van der Waals surface area contributed by atoms with Gasteiger partial charge in [0.15, 0.2) is 5.13 Å². The molecule has 0 bridgehead atoms. The Bertz CT molecular complexity index is 895. The van der Waals surface area contributed by atoms with Gasteiger partial charge in [-0.05, 0) is 43.7 Å². The number of benzene rings is 1. The zero-order valence-electron chi connectivity index (χ0n) is 11.6. The smallest absolute Gasteiger partial charge is 0.263 e. The number of fused-ring (bicyclic) bond motifs is 1. The van der Waals surface area contributed by atoms with Crippen LogP contribution in [0.15, 0.2) is 35.1 Å². The van der Waals surface area contributed by atoms with Gasteiger partial charge < -0.3 is 4.98 Å². The molecular formula is C15H13N3O2S. The first kappa shape index (κ1) is 13.5. The number of aryl methyl sites for hydroxylation is 2. The van der Waals surface area contributed by atoms with E-state index in [1.807, 2.05) is 25.1 Å². The molecule has 0 saturated carbocycles. The third kappa shape index (κ3) is 2.71. The lowest BCUT2D eigenvalue weighted by Crippen LogP contribution is -2.23. The maximum absolute atomic E-state index is 12.1. The molecule has 0 atom stereocenters. The quantitative estimate of drug-likeness (QED) is 0.764. The summed E-state index contributed by atoms with van der Waals surface area (Å²) in [6.07, 6.45) is 0. The molecule has 0 aliphatic heterocycles. The van der Waals surface area contributed by atoms with E-state index in [-0.39, 0.29) is 5.56 Å². The van der Waals surface area contributed by atoms with E-state index in [1.54, 1.807) is 13.0 Å². The number of anilines is 1. The molecule has 2 N–H and O–H groups in total. The number of carbonyl (C=O) groups excluding carboxylic acids is 1. The van der Waals surface area contributed by atoms with Gasteiger partial charge >= 0.3 is 0 Å². The molecule has 21 heavy (non-hydrogen) atoms. The monoisotopic (exact) mass is 299 g/mol. The van der Waals surface area contributed by atoms with Crippen molar-refractivity contribution < 1.29 is 4.79 Å². The fourth-order valence-electron chi connectivity index (χ4n) is 2.00. The highest BCUT2D eigenvalue weighted by atomic mass is 32.1. The number of amides is 1. The molecule has 1 amide bonds. The van der Waals surface area contributed by atoms with Crippen molar-refractivity contribution >= 4 is 32.6 Å². The molecule has 3 rings (SSSR count). The zero-order chi connectivity index (χ0) is 15.0. The van der Waals surface area contributed by atoms with E-state index < -0.39 is 11.5 Å². The number of aromatic nitrogens is 2. The number of thiazole rings is 1. The number of carbonyl (C=O) groups is 1. The van der Waals surface area contributed by atoms with Gasteiger partial charge in [-0.25, -0.2) is 4.98 Å². The van der Waals surface area contributed by atoms with Crippen molar-refractivity contribution in [3.8, 4) is 0 Å². The summed E-state index contributed by atoms with van der Waals surface area (Å²) in [6.45, 7) is 3.77. The highest BCUT2D eigenvalue weighted by Crippen LogP contribution is 2.26. The van der Waals surface area contributed by atoms with E-state index in [4.69, 9.17) is 0 Å². The Morgan fingerprint density at radius 1 is 1.24 bits per heavy atom. The summed E-state index contributed by atoms with van der Waals surface area (Å²) in [6, 6.07) is 9.11. The fourth-order valence-corrected chi connectivity index (χ4v) is 2.96. The zero-order valence-corrected chi connectivity index (χ0v) is 12.4. The number of pyridine rings is 1. The van der Waals surface area contributed by atoms with Crippen molar-refractivity contribution in [3.63, 3.8) is 0 Å². The van der Waals surface area contributed by atoms with Crippen LogP contribution in [0.1, 0.15) is 21.6 Å². The number of nitrogens with one attached hydrogen (secondary N) is 2. The van der Waals surface area contributed by atoms with Crippen LogP contribution in [0.4, 0.5) is 5.13 Å². The van der Waals surface area contributed by atoms with Crippen LogP contribution in [0.3, 0.4) is 0 Å². The van der Waals surface area contributed by atoms with Gasteiger partial charge in [-0.15, -0.1) is 0 Å². The summed E-state index contributed by atoms with van der Waals surface area (Å²) in [5.41, 5.74) is 2.37. The van der Waals surface area contributed by atoms with Gasteiger partial charge in [-0.1, -0.05) is 17.4 Å². The summed E-state index contributed by atoms with van der Waals surface area (Å²) < 4.78 is 1.00. The molecule has 2 aromatic heterocycles. The second-order valence-electron chi connectivity index (χ2n) is 4.83. The van der Waals surface area contributed by atoms with Gasteiger partial charge in [0.05, 0.1) is 10.2 Å². The molecule has 3 aromatic rings. The molecule has 0 radical (unpaired) electrons. The number of aromatic amines is 1. The van der Waals surface area contributed by atoms with E-state index in [0.29, 0.717) is 10.8 Å². The van der Waals surface area contributed by atoms with Gasteiger partial charge in [0.25, 0.3) is 11.5 Å². The summed E-state index contributed by atoms with van der Waals surface area (Å²) in [7, 11) is 0. The Hall–Kier alpha value is -2.47. The first-order valence-corrected chi connectivity index (χ1v) is 7.23. The van der Waals surface area contributed by atoms with E-state index in [9.17, 15) is 9.59 Å². The molecular weight excluding hydrogens is 286 g/mol. The Morgan fingerprint density at radius 2 is 2.05 bits per heavy atom. The molecule has 0 aliphatic rings. The molecule has 0 saturated heterocycles. The number of nitrogens with zero attached hydrogens (tertiary/aromatic N) is 1. The molecule has 2 heterocycles. The Labute approximate surface area is 124 Å². The van der Waals surface area contributed by atoms with Crippen LogP contribution < -0.4 is 10.9 Å². The second-order valence-corrected chi connectivity index (χ2v) is 5.86. The lowest BCUT2D eigenvalue weighted by atomic mass is 10.2. The highest BCUT2D eigenvalue weighted by molar-refractivity contribution is 7.22. The van der Waals surface area contributed by atoms with Crippen molar-refractivity contribution in [2.24, 2.45) is 0 Å². The van der Waals surface area contributed by atoms with E-state index in [0.717, 1.165) is 15.8 Å². The second kappa shape index (κ2) is 5.14. The van der Waals surface area contributed by atoms with Crippen LogP contribution >= 0.6 is 11.3 Å². The molecule has 1 aromatic carbocycles. The lowest BCUT2D eigenvalue weighted by Gasteiger charge is -2.01. The standard InChI is InChI=1S/C15H13N3O2S/c1-8-3-6-11-12(7-8)21-15(17-11)18-14(20)10-5-4-9(2)16-13(10)19/h3-7H,1-2H3,(H,16,19)(H,17,18,20). The minimum absolute atomic E-state index is 0.0797. The number of hydrogen-bond donors (Lipinski definition) is 2. The average molecular weight is 299 g/mol. The minimum atomic E-state index is -0.452.